The van der Waals surface area contributed by atoms with Crippen molar-refractivity contribution in [3.8, 4) is 0 Å². The number of hydrogen-bond donors (Lipinski definition) is 0. The first-order valence-electron chi connectivity index (χ1n) is 12.9. The van der Waals surface area contributed by atoms with Crippen LogP contribution in [0, 0.1) is 0 Å². The molecule has 0 N–H and O–H groups in total. The van der Waals surface area contributed by atoms with E-state index in [0.717, 1.165) is 73.8 Å². The summed E-state index contributed by atoms with van der Waals surface area (Å²) < 4.78 is 39.3. The maximum Gasteiger partial charge on any atom is 0.417 e. The molecule has 2 saturated heterocycles. The largest absolute Gasteiger partial charge is 0.417 e. The summed E-state index contributed by atoms with van der Waals surface area (Å²) in [5, 5.41) is 0.748. The van der Waals surface area contributed by atoms with Crippen LogP contribution in [-0.2, 0) is 11.0 Å². The fourth-order valence-electron chi connectivity index (χ4n) is 5.30. The molecule has 0 unspecified atom stereocenters. The highest BCUT2D eigenvalue weighted by atomic mass is 35.5. The Morgan fingerprint density at radius 2 is 1.70 bits per heavy atom. The molecule has 37 heavy (non-hydrogen) atoms. The van der Waals surface area contributed by atoms with Gasteiger partial charge >= 0.3 is 6.18 Å². The molecule has 0 spiro atoms. The lowest BCUT2D eigenvalue weighted by atomic mass is 10.0. The maximum atomic E-state index is 12.9. The Morgan fingerprint density at radius 3 is 2.27 bits per heavy atom. The van der Waals surface area contributed by atoms with E-state index >= 15 is 0 Å². The van der Waals surface area contributed by atoms with Crippen molar-refractivity contribution in [3.05, 3.63) is 53.2 Å². The van der Waals surface area contributed by atoms with Crippen molar-refractivity contribution < 1.29 is 22.4 Å². The van der Waals surface area contributed by atoms with E-state index in [9.17, 15) is 18.0 Å². The molecule has 0 saturated carbocycles. The van der Waals surface area contributed by atoms with Crippen LogP contribution < -0.4 is 9.80 Å². The van der Waals surface area contributed by atoms with E-state index in [1.807, 2.05) is 29.0 Å². The second-order valence-electron chi connectivity index (χ2n) is 10.5. The zero-order valence-electron chi connectivity index (χ0n) is 21.6. The molecule has 2 aromatic rings. The number of piperidine rings is 1. The number of alkyl halides is 3. The molecule has 6 nitrogen and oxygen atoms in total. The summed E-state index contributed by atoms with van der Waals surface area (Å²) in [5.74, 6) is 0.714. The summed E-state index contributed by atoms with van der Waals surface area (Å²) in [7, 11) is 4.15. The smallest absolute Gasteiger partial charge is 0.360 e. The van der Waals surface area contributed by atoms with E-state index in [-0.39, 0.29) is 11.9 Å². The van der Waals surface area contributed by atoms with Gasteiger partial charge in [0.05, 0.1) is 45.3 Å². The van der Waals surface area contributed by atoms with E-state index in [1.54, 1.807) is 0 Å². The summed E-state index contributed by atoms with van der Waals surface area (Å²) >= 11 is 6.01. The molecule has 0 radical (unpaired) electrons. The minimum absolute atomic E-state index is 0.144. The van der Waals surface area contributed by atoms with Crippen molar-refractivity contribution in [2.75, 3.05) is 69.7 Å². The highest BCUT2D eigenvalue weighted by molar-refractivity contribution is 6.30. The fourth-order valence-corrected chi connectivity index (χ4v) is 5.42. The lowest BCUT2D eigenvalue weighted by Gasteiger charge is -2.43. The van der Waals surface area contributed by atoms with Crippen molar-refractivity contribution >= 4 is 29.0 Å². The SMILES string of the molecule is CN(C(=O)CCC[N+]1(C)CCN(c2ccc(Cl)cc2)CC1)C1CCN(c2ccc(C(F)(F)F)cn2)CC1. The first kappa shape index (κ1) is 27.5. The van der Waals surface area contributed by atoms with Crippen LogP contribution >= 0.6 is 11.6 Å². The number of amides is 1. The Morgan fingerprint density at radius 1 is 1.05 bits per heavy atom. The minimum Gasteiger partial charge on any atom is -0.360 e. The molecule has 1 aromatic heterocycles. The molecular weight excluding hydrogens is 503 g/mol. The third-order valence-electron chi connectivity index (χ3n) is 7.90. The zero-order chi connectivity index (χ0) is 26.6. The van der Waals surface area contributed by atoms with Crippen LogP contribution in [0.3, 0.4) is 0 Å². The van der Waals surface area contributed by atoms with E-state index < -0.39 is 11.7 Å². The van der Waals surface area contributed by atoms with Crippen LogP contribution in [0.15, 0.2) is 42.6 Å². The number of nitrogens with zero attached hydrogens (tertiary/aromatic N) is 5. The molecular formula is C27H36ClF3N5O+. The van der Waals surface area contributed by atoms with Crippen LogP contribution in [0.5, 0.6) is 0 Å². The Labute approximate surface area is 222 Å². The molecule has 1 amide bonds. The maximum absolute atomic E-state index is 12.9. The summed E-state index contributed by atoms with van der Waals surface area (Å²) in [6.07, 6.45) is -0.552. The van der Waals surface area contributed by atoms with Gasteiger partial charge in [-0.3, -0.25) is 4.79 Å². The number of piperazine rings is 1. The molecule has 202 valence electrons. The van der Waals surface area contributed by atoms with Crippen molar-refractivity contribution in [1.29, 1.82) is 0 Å². The third-order valence-corrected chi connectivity index (χ3v) is 8.16. The molecule has 2 fully saturated rings. The Kier molecular flexibility index (Phi) is 8.53. The molecule has 2 aliphatic rings. The molecule has 0 aliphatic carbocycles. The van der Waals surface area contributed by atoms with Crippen LogP contribution in [0.4, 0.5) is 24.7 Å². The number of benzene rings is 1. The lowest BCUT2D eigenvalue weighted by molar-refractivity contribution is -0.910. The number of halogens is 4. The van der Waals surface area contributed by atoms with Crippen LogP contribution in [-0.4, -0.2) is 86.2 Å². The number of likely N-dealkylation sites (N-methyl/N-ethyl adjacent to an activating group) is 1. The lowest BCUT2D eigenvalue weighted by Crippen LogP contribution is -2.57. The van der Waals surface area contributed by atoms with Gasteiger partial charge < -0.3 is 19.2 Å². The van der Waals surface area contributed by atoms with Gasteiger partial charge in [0.1, 0.15) is 5.82 Å². The van der Waals surface area contributed by atoms with Crippen molar-refractivity contribution in [2.45, 2.75) is 37.9 Å². The molecule has 0 atom stereocenters. The fraction of sp³-hybridized carbons (Fsp3) is 0.556. The van der Waals surface area contributed by atoms with Gasteiger partial charge in [-0.15, -0.1) is 0 Å². The predicted molar refractivity (Wildman–Crippen MR) is 141 cm³/mol. The van der Waals surface area contributed by atoms with Crippen molar-refractivity contribution in [2.24, 2.45) is 0 Å². The summed E-state index contributed by atoms with van der Waals surface area (Å²) in [5.41, 5.74) is 0.462. The molecule has 2 aliphatic heterocycles. The van der Waals surface area contributed by atoms with Crippen molar-refractivity contribution in [1.82, 2.24) is 9.88 Å². The number of carbonyl (C=O) groups excluding carboxylic acids is 1. The van der Waals surface area contributed by atoms with Gasteiger partial charge in [0, 0.05) is 55.9 Å². The average Bonchev–Trinajstić information content (AvgIpc) is 2.89. The number of anilines is 2. The second kappa shape index (κ2) is 11.5. The van der Waals surface area contributed by atoms with Gasteiger partial charge in [0.25, 0.3) is 0 Å². The Balaban J connectivity index is 1.18. The highest BCUT2D eigenvalue weighted by Gasteiger charge is 2.32. The van der Waals surface area contributed by atoms with E-state index in [4.69, 9.17) is 11.6 Å². The summed E-state index contributed by atoms with van der Waals surface area (Å²) in [6.45, 7) is 6.37. The average molecular weight is 539 g/mol. The monoisotopic (exact) mass is 538 g/mol. The number of quaternary nitrogens is 1. The molecule has 10 heteroatoms. The van der Waals surface area contributed by atoms with Crippen LogP contribution in [0.1, 0.15) is 31.2 Å². The number of hydrogen-bond acceptors (Lipinski definition) is 4. The first-order chi connectivity index (χ1) is 17.5. The Bertz CT molecular complexity index is 1030. The predicted octanol–water partition coefficient (Wildman–Crippen LogP) is 4.93. The van der Waals surface area contributed by atoms with Crippen molar-refractivity contribution in [3.63, 3.8) is 0 Å². The van der Waals surface area contributed by atoms with E-state index in [0.29, 0.717) is 25.3 Å². The van der Waals surface area contributed by atoms with E-state index in [2.05, 4.69) is 29.1 Å². The number of carbonyl (C=O) groups is 1. The van der Waals surface area contributed by atoms with Crippen LogP contribution in [0.25, 0.3) is 0 Å². The van der Waals surface area contributed by atoms with Gasteiger partial charge in [-0.05, 0) is 49.2 Å². The second-order valence-corrected chi connectivity index (χ2v) is 10.9. The van der Waals surface area contributed by atoms with Gasteiger partial charge in [-0.2, -0.15) is 13.2 Å². The number of rotatable bonds is 7. The summed E-state index contributed by atoms with van der Waals surface area (Å²) in [6, 6.07) is 10.6. The molecule has 4 rings (SSSR count). The summed E-state index contributed by atoms with van der Waals surface area (Å²) in [4.78, 5) is 23.2. The topological polar surface area (TPSA) is 39.7 Å². The first-order valence-corrected chi connectivity index (χ1v) is 13.3. The molecule has 1 aromatic carbocycles. The normalized spacial score (nSPS) is 18.6. The standard InChI is InChI=1S/C27H36ClF3N5O/c1-33(23-11-13-35(14-12-23)25-10-5-21(20-32-25)27(29,30)31)26(37)4-3-17-36(2)18-15-34(16-19-36)24-8-6-22(28)7-9-24/h5-10,20,23H,3-4,11-19H2,1-2H3/q+1. The van der Waals surface area contributed by atoms with Gasteiger partial charge in [-0.1, -0.05) is 11.6 Å². The number of aromatic nitrogens is 1. The Hall–Kier alpha value is -2.52. The minimum atomic E-state index is -4.38. The van der Waals surface area contributed by atoms with Gasteiger partial charge in [0.2, 0.25) is 5.91 Å². The van der Waals surface area contributed by atoms with Gasteiger partial charge in [0.15, 0.2) is 0 Å². The molecule has 0 bridgehead atoms. The highest BCUT2D eigenvalue weighted by Crippen LogP contribution is 2.30. The zero-order valence-corrected chi connectivity index (χ0v) is 22.3. The number of pyridine rings is 1. The quantitative estimate of drug-likeness (QED) is 0.469. The van der Waals surface area contributed by atoms with E-state index in [1.165, 1.54) is 11.8 Å². The molecule has 3 heterocycles. The van der Waals surface area contributed by atoms with Crippen LogP contribution in [0.2, 0.25) is 5.02 Å². The van der Waals surface area contributed by atoms with Gasteiger partial charge in [-0.25, -0.2) is 4.98 Å². The third kappa shape index (κ3) is 7.08.